The van der Waals surface area contributed by atoms with E-state index in [9.17, 15) is 9.59 Å². The lowest BCUT2D eigenvalue weighted by Gasteiger charge is -2.56. The lowest BCUT2D eigenvalue weighted by atomic mass is 9.50. The van der Waals surface area contributed by atoms with Gasteiger partial charge in [0.2, 0.25) is 0 Å². The van der Waals surface area contributed by atoms with Crippen LogP contribution in [0.5, 0.6) is 0 Å². The molecule has 0 atom stereocenters. The van der Waals surface area contributed by atoms with E-state index >= 15 is 0 Å². The van der Waals surface area contributed by atoms with Crippen molar-refractivity contribution in [2.24, 2.45) is 11.3 Å². The van der Waals surface area contributed by atoms with Crippen molar-refractivity contribution in [3.05, 3.63) is 78.9 Å². The zero-order chi connectivity index (χ0) is 23.9. The van der Waals surface area contributed by atoms with E-state index in [0.717, 1.165) is 44.4 Å². The molecule has 1 N–H and O–H groups in total. The molecule has 0 saturated heterocycles. The van der Waals surface area contributed by atoms with Gasteiger partial charge in [-0.05, 0) is 85.2 Å². The molecule has 2 aliphatic carbocycles. The van der Waals surface area contributed by atoms with Gasteiger partial charge < -0.3 is 10.1 Å². The van der Waals surface area contributed by atoms with Gasteiger partial charge in [0, 0.05) is 12.5 Å². The van der Waals surface area contributed by atoms with Crippen molar-refractivity contribution in [3.8, 4) is 11.1 Å². The highest BCUT2D eigenvalue weighted by atomic mass is 79.9. The highest BCUT2D eigenvalue weighted by Crippen LogP contribution is 2.59. The molecule has 0 unspecified atom stereocenters. The number of esters is 1. The Balaban J connectivity index is 1.24. The molecule has 176 valence electrons. The van der Waals surface area contributed by atoms with Crippen LogP contribution in [0.3, 0.4) is 0 Å². The highest BCUT2D eigenvalue weighted by molar-refractivity contribution is 9.12. The van der Waals surface area contributed by atoms with Crippen LogP contribution < -0.4 is 5.32 Å². The standard InChI is InChI=1S/C27H25Br2NO3S/c1-33-26(32)19-12-27(13-19)14-20(15-27)30-25(31)22-21(23(28)34-24(22)29)11-16-7-9-18(10-8-16)17-5-3-2-4-6-17/h2-10,19-20H,11-15H2,1H3,(H,30,31). The minimum atomic E-state index is -0.105. The van der Waals surface area contributed by atoms with Crippen molar-refractivity contribution in [3.63, 3.8) is 0 Å². The fourth-order valence-corrected chi connectivity index (χ4v) is 8.59. The number of rotatable bonds is 6. The fraction of sp³-hybridized carbons (Fsp3) is 0.333. The summed E-state index contributed by atoms with van der Waals surface area (Å²) < 4.78 is 6.67. The lowest BCUT2D eigenvalue weighted by molar-refractivity contribution is -0.159. The first-order valence-electron chi connectivity index (χ1n) is 11.4. The van der Waals surface area contributed by atoms with Crippen molar-refractivity contribution in [1.29, 1.82) is 0 Å². The summed E-state index contributed by atoms with van der Waals surface area (Å²) >= 11 is 8.82. The number of benzene rings is 2. The minimum Gasteiger partial charge on any atom is -0.469 e. The molecule has 0 radical (unpaired) electrons. The maximum absolute atomic E-state index is 13.2. The lowest BCUT2D eigenvalue weighted by Crippen LogP contribution is -2.57. The first-order chi connectivity index (χ1) is 16.4. The van der Waals surface area contributed by atoms with Crippen LogP contribution in [0.2, 0.25) is 0 Å². The van der Waals surface area contributed by atoms with Gasteiger partial charge in [-0.15, -0.1) is 11.3 Å². The van der Waals surface area contributed by atoms with Crippen LogP contribution >= 0.6 is 43.2 Å². The Morgan fingerprint density at radius 3 is 2.26 bits per heavy atom. The van der Waals surface area contributed by atoms with Crippen LogP contribution in [0.15, 0.2) is 62.2 Å². The largest absolute Gasteiger partial charge is 0.469 e. The number of thiophene rings is 1. The van der Waals surface area contributed by atoms with Crippen molar-refractivity contribution in [1.82, 2.24) is 5.32 Å². The molecule has 2 saturated carbocycles. The van der Waals surface area contributed by atoms with Gasteiger partial charge in [-0.25, -0.2) is 0 Å². The molecule has 4 nitrogen and oxygen atoms in total. The number of amides is 1. The first kappa shape index (κ1) is 23.8. The Labute approximate surface area is 220 Å². The average molecular weight is 603 g/mol. The smallest absolute Gasteiger partial charge is 0.308 e. The molecule has 3 aromatic rings. The second-order valence-electron chi connectivity index (χ2n) is 9.45. The molecule has 1 aromatic heterocycles. The van der Waals surface area contributed by atoms with E-state index in [1.54, 1.807) is 0 Å². The van der Waals surface area contributed by atoms with Gasteiger partial charge in [0.25, 0.3) is 5.91 Å². The Bertz CT molecular complexity index is 1210. The van der Waals surface area contributed by atoms with E-state index in [1.165, 1.54) is 29.6 Å². The quantitative estimate of drug-likeness (QED) is 0.309. The predicted molar refractivity (Wildman–Crippen MR) is 142 cm³/mol. The summed E-state index contributed by atoms with van der Waals surface area (Å²) in [5, 5.41) is 3.23. The van der Waals surface area contributed by atoms with E-state index in [1.807, 2.05) is 18.2 Å². The highest BCUT2D eigenvalue weighted by Gasteiger charge is 2.55. The Hall–Kier alpha value is -1.96. The number of methoxy groups -OCH3 is 1. The van der Waals surface area contributed by atoms with Crippen LogP contribution in [0.25, 0.3) is 11.1 Å². The zero-order valence-corrected chi connectivity index (χ0v) is 22.8. The second kappa shape index (κ2) is 9.59. The van der Waals surface area contributed by atoms with Crippen molar-refractivity contribution < 1.29 is 14.3 Å². The van der Waals surface area contributed by atoms with Crippen LogP contribution in [0, 0.1) is 11.3 Å². The Morgan fingerprint density at radius 2 is 1.62 bits per heavy atom. The van der Waals surface area contributed by atoms with Crippen LogP contribution in [-0.2, 0) is 16.0 Å². The van der Waals surface area contributed by atoms with Crippen LogP contribution in [-0.4, -0.2) is 25.0 Å². The SMILES string of the molecule is COC(=O)C1CC2(CC(NC(=O)c3c(Br)sc(Br)c3Cc3ccc(-c4ccccc4)cc3)C2)C1. The fourth-order valence-electron chi connectivity index (χ4n) is 5.44. The molecule has 2 fully saturated rings. The monoisotopic (exact) mass is 601 g/mol. The van der Waals surface area contributed by atoms with Crippen molar-refractivity contribution >= 4 is 55.1 Å². The molecule has 0 aliphatic heterocycles. The molecular weight excluding hydrogens is 578 g/mol. The number of hydrogen-bond acceptors (Lipinski definition) is 4. The molecule has 5 rings (SSSR count). The van der Waals surface area contributed by atoms with Crippen molar-refractivity contribution in [2.45, 2.75) is 38.1 Å². The molecule has 1 spiro atoms. The summed E-state index contributed by atoms with van der Waals surface area (Å²) in [5.41, 5.74) is 5.46. The van der Waals surface area contributed by atoms with Gasteiger partial charge in [0.05, 0.1) is 26.2 Å². The number of ether oxygens (including phenoxy) is 1. The summed E-state index contributed by atoms with van der Waals surface area (Å²) in [6, 6.07) is 19.0. The molecule has 0 bridgehead atoms. The summed E-state index contributed by atoms with van der Waals surface area (Å²) in [5.74, 6) is -0.108. The average Bonchev–Trinajstić information content (AvgIpc) is 3.07. The van der Waals surface area contributed by atoms with E-state index in [-0.39, 0.29) is 29.3 Å². The number of nitrogens with one attached hydrogen (secondary N) is 1. The second-order valence-corrected chi connectivity index (χ2v) is 13.1. The van der Waals surface area contributed by atoms with Crippen LogP contribution in [0.4, 0.5) is 0 Å². The van der Waals surface area contributed by atoms with Crippen molar-refractivity contribution in [2.75, 3.05) is 7.11 Å². The van der Waals surface area contributed by atoms with Gasteiger partial charge in [-0.3, -0.25) is 9.59 Å². The molecule has 2 aromatic carbocycles. The molecular formula is C27H25Br2NO3S. The summed E-state index contributed by atoms with van der Waals surface area (Å²) in [7, 11) is 1.45. The predicted octanol–water partition coefficient (Wildman–Crippen LogP) is 6.99. The van der Waals surface area contributed by atoms with Gasteiger partial charge in [-0.2, -0.15) is 0 Å². The first-order valence-corrected chi connectivity index (χ1v) is 13.8. The molecule has 7 heteroatoms. The third-order valence-corrected chi connectivity index (χ3v) is 9.83. The van der Waals surface area contributed by atoms with Gasteiger partial charge in [-0.1, -0.05) is 54.6 Å². The normalized spacial score (nSPS) is 23.1. The Morgan fingerprint density at radius 1 is 0.971 bits per heavy atom. The summed E-state index contributed by atoms with van der Waals surface area (Å²) in [6.45, 7) is 0. The molecule has 2 aliphatic rings. The maximum atomic E-state index is 13.2. The zero-order valence-electron chi connectivity index (χ0n) is 18.8. The van der Waals surface area contributed by atoms with E-state index in [0.29, 0.717) is 12.0 Å². The van der Waals surface area contributed by atoms with E-state index in [4.69, 9.17) is 4.74 Å². The Kier molecular flexibility index (Phi) is 6.70. The number of carbonyl (C=O) groups excluding carboxylic acids is 2. The number of halogens is 2. The topological polar surface area (TPSA) is 55.4 Å². The van der Waals surface area contributed by atoms with Crippen LogP contribution in [0.1, 0.15) is 47.2 Å². The maximum Gasteiger partial charge on any atom is 0.308 e. The van der Waals surface area contributed by atoms with E-state index in [2.05, 4.69) is 73.6 Å². The third kappa shape index (κ3) is 4.62. The van der Waals surface area contributed by atoms with Gasteiger partial charge >= 0.3 is 5.97 Å². The van der Waals surface area contributed by atoms with E-state index < -0.39 is 0 Å². The molecule has 34 heavy (non-hydrogen) atoms. The minimum absolute atomic E-state index is 0.0310. The number of hydrogen-bond donors (Lipinski definition) is 1. The third-order valence-electron chi connectivity index (χ3n) is 7.17. The molecule has 1 amide bonds. The summed E-state index contributed by atoms with van der Waals surface area (Å²) in [6.07, 6.45) is 4.31. The van der Waals surface area contributed by atoms with Gasteiger partial charge in [0.1, 0.15) is 0 Å². The molecule has 1 heterocycles. The summed E-state index contributed by atoms with van der Waals surface area (Å²) in [4.78, 5) is 24.9. The van der Waals surface area contributed by atoms with Gasteiger partial charge in [0.15, 0.2) is 0 Å². The number of carbonyl (C=O) groups is 2.